The van der Waals surface area contributed by atoms with Crippen LogP contribution < -0.4 is 10.6 Å². The molecular formula is C23H30FN7. The molecule has 31 heavy (non-hydrogen) atoms. The Bertz CT molecular complexity index is 1020. The smallest absolute Gasteiger partial charge is 0.153 e. The molecule has 3 atom stereocenters. The lowest BCUT2D eigenvalue weighted by atomic mass is 9.81. The summed E-state index contributed by atoms with van der Waals surface area (Å²) in [6.07, 6.45) is 8.28. The van der Waals surface area contributed by atoms with Gasteiger partial charge in [-0.25, -0.2) is 4.98 Å². The number of halogens is 1. The van der Waals surface area contributed by atoms with Gasteiger partial charge in [-0.3, -0.25) is 19.4 Å². The van der Waals surface area contributed by atoms with Gasteiger partial charge in [-0.2, -0.15) is 5.10 Å². The number of aromatic nitrogens is 4. The Hall–Kier alpha value is -2.74. The van der Waals surface area contributed by atoms with Crippen LogP contribution in [-0.2, 0) is 0 Å². The number of pyridine rings is 2. The van der Waals surface area contributed by atoms with Gasteiger partial charge in [-0.15, -0.1) is 0 Å². The number of fused-ring (bicyclic) bond motifs is 3. The maximum absolute atomic E-state index is 12.8. The molecule has 0 aliphatic carbocycles. The van der Waals surface area contributed by atoms with Gasteiger partial charge in [0, 0.05) is 54.1 Å². The van der Waals surface area contributed by atoms with E-state index in [1.165, 1.54) is 19.3 Å². The SMILES string of the molecule is Cc1cc(Nc2cc3ncccc3c(NC3C[C@H]4CCC[C@@H](C3)N4CCCF)n2)n[nH]1. The topological polar surface area (TPSA) is 81.8 Å². The third-order valence-corrected chi connectivity index (χ3v) is 6.58. The number of anilines is 3. The summed E-state index contributed by atoms with van der Waals surface area (Å²) in [5.74, 6) is 2.32. The standard InChI is InChI=1S/C23H30FN7/c1-15-11-22(30-29-15)27-21-14-20-19(7-3-9-25-20)23(28-21)26-16-12-17-5-2-6-18(13-16)31(17)10-4-8-24/h3,7,9,11,14,16-18H,2,4-6,8,10,12-13H2,1H3,(H3,26,27,28,29,30)/t16?,17-,18+. The van der Waals surface area contributed by atoms with Crippen molar-refractivity contribution in [2.75, 3.05) is 23.9 Å². The van der Waals surface area contributed by atoms with Crippen molar-refractivity contribution in [3.8, 4) is 0 Å². The fraction of sp³-hybridized carbons (Fsp3) is 0.522. The zero-order valence-electron chi connectivity index (χ0n) is 17.9. The molecule has 164 valence electrons. The average molecular weight is 424 g/mol. The monoisotopic (exact) mass is 423 g/mol. The summed E-state index contributed by atoms with van der Waals surface area (Å²) in [5.41, 5.74) is 1.89. The summed E-state index contributed by atoms with van der Waals surface area (Å²) >= 11 is 0. The molecular weight excluding hydrogens is 393 g/mol. The van der Waals surface area contributed by atoms with Gasteiger partial charge in [-0.05, 0) is 51.2 Å². The van der Waals surface area contributed by atoms with Crippen LogP contribution in [0.2, 0.25) is 0 Å². The van der Waals surface area contributed by atoms with Gasteiger partial charge in [-0.1, -0.05) is 6.42 Å². The molecule has 5 rings (SSSR count). The summed E-state index contributed by atoms with van der Waals surface area (Å²) in [6, 6.07) is 9.36. The zero-order valence-corrected chi connectivity index (χ0v) is 17.9. The first-order valence-corrected chi connectivity index (χ1v) is 11.3. The highest BCUT2D eigenvalue weighted by atomic mass is 19.1. The highest BCUT2D eigenvalue weighted by Crippen LogP contribution is 2.36. The van der Waals surface area contributed by atoms with Crippen LogP contribution in [0.4, 0.5) is 21.8 Å². The Labute approximate surface area is 181 Å². The molecule has 0 aromatic carbocycles. The number of hydrogen-bond acceptors (Lipinski definition) is 6. The quantitative estimate of drug-likeness (QED) is 0.517. The first-order chi connectivity index (χ1) is 15.2. The van der Waals surface area contributed by atoms with Gasteiger partial charge in [0.2, 0.25) is 0 Å². The molecule has 0 amide bonds. The van der Waals surface area contributed by atoms with E-state index < -0.39 is 0 Å². The number of H-pyrrole nitrogens is 1. The van der Waals surface area contributed by atoms with Crippen LogP contribution in [0, 0.1) is 6.92 Å². The van der Waals surface area contributed by atoms with Gasteiger partial charge in [0.15, 0.2) is 5.82 Å². The average Bonchev–Trinajstić information content (AvgIpc) is 3.16. The Morgan fingerprint density at radius 2 is 2.03 bits per heavy atom. The minimum atomic E-state index is -0.226. The van der Waals surface area contributed by atoms with Crippen LogP contribution in [0.5, 0.6) is 0 Å². The molecule has 2 fully saturated rings. The lowest BCUT2D eigenvalue weighted by molar-refractivity contribution is 0.0327. The highest BCUT2D eigenvalue weighted by molar-refractivity contribution is 5.91. The van der Waals surface area contributed by atoms with Crippen molar-refractivity contribution in [3.05, 3.63) is 36.2 Å². The molecule has 0 saturated carbocycles. The molecule has 2 aliphatic rings. The lowest BCUT2D eigenvalue weighted by Gasteiger charge is -2.49. The van der Waals surface area contributed by atoms with Crippen molar-refractivity contribution in [3.63, 3.8) is 0 Å². The first kappa shape index (κ1) is 20.2. The predicted molar refractivity (Wildman–Crippen MR) is 122 cm³/mol. The van der Waals surface area contributed by atoms with Gasteiger partial charge in [0.25, 0.3) is 0 Å². The molecule has 7 nitrogen and oxygen atoms in total. The minimum absolute atomic E-state index is 0.226. The van der Waals surface area contributed by atoms with E-state index in [4.69, 9.17) is 4.98 Å². The van der Waals surface area contributed by atoms with Gasteiger partial charge in [0.05, 0.1) is 12.2 Å². The Balaban J connectivity index is 1.38. The van der Waals surface area contributed by atoms with Crippen LogP contribution in [0.15, 0.2) is 30.5 Å². The molecule has 0 radical (unpaired) electrons. The van der Waals surface area contributed by atoms with Gasteiger partial charge in [0.1, 0.15) is 11.6 Å². The summed E-state index contributed by atoms with van der Waals surface area (Å²) in [6.45, 7) is 2.62. The number of hydrogen-bond donors (Lipinski definition) is 3. The maximum atomic E-state index is 12.8. The molecule has 3 aromatic heterocycles. The van der Waals surface area contributed by atoms with Crippen LogP contribution >= 0.6 is 0 Å². The van der Waals surface area contributed by atoms with Crippen molar-refractivity contribution in [1.82, 2.24) is 25.1 Å². The Kier molecular flexibility index (Phi) is 5.72. The maximum Gasteiger partial charge on any atom is 0.153 e. The van der Waals surface area contributed by atoms with Crippen molar-refractivity contribution >= 4 is 28.4 Å². The fourth-order valence-electron chi connectivity index (χ4n) is 5.26. The number of nitrogens with zero attached hydrogens (tertiary/aromatic N) is 4. The van der Waals surface area contributed by atoms with Gasteiger partial charge < -0.3 is 10.6 Å². The number of aromatic amines is 1. The van der Waals surface area contributed by atoms with Crippen molar-refractivity contribution in [2.24, 2.45) is 0 Å². The number of aryl methyl sites for hydroxylation is 1. The number of alkyl halides is 1. The van der Waals surface area contributed by atoms with E-state index in [1.807, 2.05) is 31.3 Å². The highest BCUT2D eigenvalue weighted by Gasteiger charge is 2.38. The summed E-state index contributed by atoms with van der Waals surface area (Å²) in [4.78, 5) is 12.0. The van der Waals surface area contributed by atoms with Crippen molar-refractivity contribution < 1.29 is 4.39 Å². The number of nitrogens with one attached hydrogen (secondary N) is 3. The second kappa shape index (κ2) is 8.78. The van der Waals surface area contributed by atoms with Crippen LogP contribution in [0.3, 0.4) is 0 Å². The third kappa shape index (κ3) is 4.35. The molecule has 2 bridgehead atoms. The van der Waals surface area contributed by atoms with E-state index in [0.717, 1.165) is 53.4 Å². The van der Waals surface area contributed by atoms with Crippen LogP contribution in [0.1, 0.15) is 44.2 Å². The molecule has 2 saturated heterocycles. The normalized spacial score (nSPS) is 23.7. The first-order valence-electron chi connectivity index (χ1n) is 11.3. The summed E-state index contributed by atoms with van der Waals surface area (Å²) in [5, 5.41) is 15.3. The minimum Gasteiger partial charge on any atom is -0.367 e. The molecule has 3 aromatic rings. The molecule has 3 N–H and O–H groups in total. The van der Waals surface area contributed by atoms with Crippen LogP contribution in [0.25, 0.3) is 10.9 Å². The second-order valence-corrected chi connectivity index (χ2v) is 8.82. The number of piperidine rings is 2. The molecule has 2 aliphatic heterocycles. The van der Waals surface area contributed by atoms with Crippen molar-refractivity contribution in [1.29, 1.82) is 0 Å². The van der Waals surface area contributed by atoms with E-state index in [9.17, 15) is 4.39 Å². The zero-order chi connectivity index (χ0) is 21.2. The van der Waals surface area contributed by atoms with E-state index in [-0.39, 0.29) is 6.67 Å². The Morgan fingerprint density at radius 1 is 1.19 bits per heavy atom. The van der Waals surface area contributed by atoms with E-state index in [2.05, 4.69) is 36.8 Å². The van der Waals surface area contributed by atoms with E-state index >= 15 is 0 Å². The van der Waals surface area contributed by atoms with Gasteiger partial charge >= 0.3 is 0 Å². The van der Waals surface area contributed by atoms with E-state index in [0.29, 0.717) is 24.5 Å². The molecule has 1 unspecified atom stereocenters. The third-order valence-electron chi connectivity index (χ3n) is 6.58. The largest absolute Gasteiger partial charge is 0.367 e. The van der Waals surface area contributed by atoms with E-state index in [1.54, 1.807) is 0 Å². The lowest BCUT2D eigenvalue weighted by Crippen LogP contribution is -2.55. The summed E-state index contributed by atoms with van der Waals surface area (Å²) < 4.78 is 12.8. The fourth-order valence-corrected chi connectivity index (χ4v) is 5.26. The Morgan fingerprint density at radius 3 is 2.77 bits per heavy atom. The number of rotatable bonds is 7. The van der Waals surface area contributed by atoms with Crippen molar-refractivity contribution in [2.45, 2.75) is 63.6 Å². The predicted octanol–water partition coefficient (Wildman–Crippen LogP) is 4.56. The van der Waals surface area contributed by atoms with Crippen LogP contribution in [-0.4, -0.2) is 56.4 Å². The second-order valence-electron chi connectivity index (χ2n) is 8.82. The molecule has 0 spiro atoms. The molecule has 5 heterocycles. The summed E-state index contributed by atoms with van der Waals surface area (Å²) in [7, 11) is 0. The molecule has 8 heteroatoms.